The predicted octanol–water partition coefficient (Wildman–Crippen LogP) is 7.74. The van der Waals surface area contributed by atoms with E-state index in [9.17, 15) is 9.59 Å². The van der Waals surface area contributed by atoms with Gasteiger partial charge in [-0.1, -0.05) is 78.9 Å². The van der Waals surface area contributed by atoms with Gasteiger partial charge >= 0.3 is 0 Å². The maximum absolute atomic E-state index is 14.0. The summed E-state index contributed by atoms with van der Waals surface area (Å²) in [6.07, 6.45) is 0. The lowest BCUT2D eigenvalue weighted by Gasteiger charge is -2.26. The van der Waals surface area contributed by atoms with Gasteiger partial charge in [-0.2, -0.15) is 0 Å². The molecule has 0 saturated heterocycles. The van der Waals surface area contributed by atoms with E-state index in [1.807, 2.05) is 91.0 Å². The molecule has 0 heterocycles. The third kappa shape index (κ3) is 4.23. The van der Waals surface area contributed by atoms with Crippen LogP contribution in [0.3, 0.4) is 0 Å². The minimum absolute atomic E-state index is 0.217. The Bertz CT molecular complexity index is 1620. The predicted molar refractivity (Wildman–Crippen MR) is 146 cm³/mol. The highest BCUT2D eigenvalue weighted by molar-refractivity contribution is 6.32. The van der Waals surface area contributed by atoms with Gasteiger partial charge in [0.05, 0.1) is 22.5 Å². The van der Waals surface area contributed by atoms with Crippen molar-refractivity contribution < 1.29 is 14.3 Å². The van der Waals surface area contributed by atoms with Gasteiger partial charge in [-0.05, 0) is 36.4 Å². The molecule has 5 aromatic carbocycles. The lowest BCUT2D eigenvalue weighted by atomic mass is 9.82. The number of hydrogen-bond donors (Lipinski definition) is 2. The quantitative estimate of drug-likeness (QED) is 0.254. The van der Waals surface area contributed by atoms with E-state index in [0.29, 0.717) is 39.6 Å². The molecule has 5 aromatic rings. The van der Waals surface area contributed by atoms with Crippen LogP contribution in [0.1, 0.15) is 31.8 Å². The molecule has 178 valence electrons. The SMILES string of the molecule is O=C1c2ccccc2C(=O)c2c(Nc3ccccc3)c(Oc3ccccc3)cc(Nc3ccccc3)c21. The number of hydrogen-bond acceptors (Lipinski definition) is 5. The van der Waals surface area contributed by atoms with Gasteiger partial charge in [-0.3, -0.25) is 9.59 Å². The summed E-state index contributed by atoms with van der Waals surface area (Å²) in [4.78, 5) is 27.9. The van der Waals surface area contributed by atoms with Gasteiger partial charge in [0.25, 0.3) is 0 Å². The molecule has 0 aromatic heterocycles. The summed E-state index contributed by atoms with van der Waals surface area (Å²) in [6.45, 7) is 0. The Morgan fingerprint density at radius 1 is 0.514 bits per heavy atom. The second-order valence-corrected chi connectivity index (χ2v) is 8.65. The second kappa shape index (κ2) is 9.47. The van der Waals surface area contributed by atoms with Crippen LogP contribution in [0.25, 0.3) is 0 Å². The van der Waals surface area contributed by atoms with Crippen molar-refractivity contribution in [2.24, 2.45) is 0 Å². The minimum Gasteiger partial charge on any atom is -0.455 e. The zero-order chi connectivity index (χ0) is 25.2. The first-order valence-electron chi connectivity index (χ1n) is 12.0. The fourth-order valence-corrected chi connectivity index (χ4v) is 4.53. The average molecular weight is 483 g/mol. The molecule has 0 aliphatic heterocycles. The van der Waals surface area contributed by atoms with Crippen molar-refractivity contribution in [1.29, 1.82) is 0 Å². The van der Waals surface area contributed by atoms with Crippen LogP contribution in [-0.2, 0) is 0 Å². The van der Waals surface area contributed by atoms with Crippen molar-refractivity contribution in [2.75, 3.05) is 10.6 Å². The lowest BCUT2D eigenvalue weighted by molar-refractivity contribution is 0.0980. The molecule has 0 fully saturated rings. The molecule has 0 spiro atoms. The first-order chi connectivity index (χ1) is 18.2. The molecule has 6 rings (SSSR count). The van der Waals surface area contributed by atoms with E-state index in [-0.39, 0.29) is 17.1 Å². The highest BCUT2D eigenvalue weighted by Gasteiger charge is 2.36. The minimum atomic E-state index is -0.238. The highest BCUT2D eigenvalue weighted by Crippen LogP contribution is 2.45. The number of rotatable bonds is 6. The summed E-state index contributed by atoms with van der Waals surface area (Å²) < 4.78 is 6.33. The number of ether oxygens (including phenoxy) is 1. The van der Waals surface area contributed by atoms with E-state index in [0.717, 1.165) is 11.4 Å². The Labute approximate surface area is 214 Å². The summed E-state index contributed by atoms with van der Waals surface area (Å²) in [7, 11) is 0. The highest BCUT2D eigenvalue weighted by atomic mass is 16.5. The molecular weight excluding hydrogens is 460 g/mol. The molecule has 1 aliphatic rings. The van der Waals surface area contributed by atoms with Gasteiger partial charge in [0.1, 0.15) is 5.75 Å². The monoisotopic (exact) mass is 482 g/mol. The van der Waals surface area contributed by atoms with Crippen LogP contribution in [-0.4, -0.2) is 11.6 Å². The number of carbonyl (C=O) groups excluding carboxylic acids is 2. The standard InChI is InChI=1S/C32H22N2O3/c35-31-24-18-10-11-19-25(24)32(36)29-28(31)26(33-21-12-4-1-5-13-21)20-27(37-23-16-8-3-9-17-23)30(29)34-22-14-6-2-7-15-22/h1-20,33-34H. The van der Waals surface area contributed by atoms with Gasteiger partial charge in [0.2, 0.25) is 0 Å². The molecule has 5 heteroatoms. The third-order valence-corrected chi connectivity index (χ3v) is 6.23. The molecule has 0 saturated carbocycles. The van der Waals surface area contributed by atoms with Gasteiger partial charge in [-0.25, -0.2) is 0 Å². The Balaban J connectivity index is 1.61. The number of benzene rings is 5. The number of fused-ring (bicyclic) bond motifs is 2. The summed E-state index contributed by atoms with van der Waals surface area (Å²) >= 11 is 0. The average Bonchev–Trinajstić information content (AvgIpc) is 2.94. The Morgan fingerprint density at radius 3 is 1.59 bits per heavy atom. The fourth-order valence-electron chi connectivity index (χ4n) is 4.53. The van der Waals surface area contributed by atoms with E-state index in [1.165, 1.54) is 0 Å². The maximum Gasteiger partial charge on any atom is 0.196 e. The molecule has 2 N–H and O–H groups in total. The van der Waals surface area contributed by atoms with Crippen molar-refractivity contribution in [1.82, 2.24) is 0 Å². The van der Waals surface area contributed by atoms with Crippen LogP contribution < -0.4 is 15.4 Å². The van der Waals surface area contributed by atoms with Crippen molar-refractivity contribution in [3.63, 3.8) is 0 Å². The molecule has 5 nitrogen and oxygen atoms in total. The second-order valence-electron chi connectivity index (χ2n) is 8.65. The van der Waals surface area contributed by atoms with Crippen molar-refractivity contribution in [3.05, 3.63) is 144 Å². The number of carbonyl (C=O) groups is 2. The number of para-hydroxylation sites is 3. The number of anilines is 4. The van der Waals surface area contributed by atoms with E-state index < -0.39 is 0 Å². The first-order valence-corrected chi connectivity index (χ1v) is 12.0. The van der Waals surface area contributed by atoms with Gasteiger partial charge in [0, 0.05) is 28.6 Å². The van der Waals surface area contributed by atoms with E-state index in [4.69, 9.17) is 4.74 Å². The van der Waals surface area contributed by atoms with E-state index >= 15 is 0 Å². The largest absolute Gasteiger partial charge is 0.455 e. The van der Waals surface area contributed by atoms with Crippen LogP contribution in [0.2, 0.25) is 0 Å². The van der Waals surface area contributed by atoms with Crippen LogP contribution in [0, 0.1) is 0 Å². The Hall–Kier alpha value is -5.16. The Morgan fingerprint density at radius 2 is 1.00 bits per heavy atom. The van der Waals surface area contributed by atoms with Crippen molar-refractivity contribution in [2.45, 2.75) is 0 Å². The molecule has 0 amide bonds. The van der Waals surface area contributed by atoms with Crippen LogP contribution in [0.15, 0.2) is 121 Å². The zero-order valence-corrected chi connectivity index (χ0v) is 19.8. The third-order valence-electron chi connectivity index (χ3n) is 6.23. The molecular formula is C32H22N2O3. The maximum atomic E-state index is 14.0. The molecule has 0 radical (unpaired) electrons. The summed E-state index contributed by atoms with van der Waals surface area (Å²) in [5.41, 5.74) is 3.85. The van der Waals surface area contributed by atoms with Crippen molar-refractivity contribution in [3.8, 4) is 11.5 Å². The first kappa shape index (κ1) is 22.3. The normalized spacial score (nSPS) is 11.9. The zero-order valence-electron chi connectivity index (χ0n) is 19.8. The van der Waals surface area contributed by atoms with Crippen LogP contribution in [0.4, 0.5) is 22.7 Å². The number of nitrogens with one attached hydrogen (secondary N) is 2. The van der Waals surface area contributed by atoms with Gasteiger partial charge in [0.15, 0.2) is 17.3 Å². The molecule has 0 bridgehead atoms. The summed E-state index contributed by atoms with van der Waals surface area (Å²) in [6, 6.07) is 37.1. The lowest BCUT2D eigenvalue weighted by Crippen LogP contribution is -2.24. The number of ketones is 2. The molecule has 1 aliphatic carbocycles. The van der Waals surface area contributed by atoms with Crippen LogP contribution in [0.5, 0.6) is 11.5 Å². The fraction of sp³-hybridized carbons (Fsp3) is 0. The van der Waals surface area contributed by atoms with E-state index in [1.54, 1.807) is 30.3 Å². The topological polar surface area (TPSA) is 67.4 Å². The Kier molecular flexibility index (Phi) is 5.71. The van der Waals surface area contributed by atoms with Gasteiger partial charge < -0.3 is 15.4 Å². The van der Waals surface area contributed by atoms with E-state index in [2.05, 4.69) is 10.6 Å². The van der Waals surface area contributed by atoms with Gasteiger partial charge in [-0.15, -0.1) is 0 Å². The molecule has 0 unspecified atom stereocenters. The van der Waals surface area contributed by atoms with Crippen molar-refractivity contribution >= 4 is 34.3 Å². The van der Waals surface area contributed by atoms with Crippen LogP contribution >= 0.6 is 0 Å². The summed E-state index contributed by atoms with van der Waals surface area (Å²) in [5.74, 6) is 0.580. The smallest absolute Gasteiger partial charge is 0.196 e. The molecule has 0 atom stereocenters. The summed E-state index contributed by atoms with van der Waals surface area (Å²) in [5, 5.41) is 6.72. The molecule has 37 heavy (non-hydrogen) atoms.